The Bertz CT molecular complexity index is 547. The fraction of sp³-hybridized carbons (Fsp3) is 0.650. The number of hydrogen-bond donors (Lipinski definition) is 2. The molecule has 1 aromatic rings. The number of aliphatic imine (C=N–C) groups is 1. The predicted octanol–water partition coefficient (Wildman–Crippen LogP) is 3.73. The van der Waals surface area contributed by atoms with Gasteiger partial charge >= 0.3 is 0 Å². The van der Waals surface area contributed by atoms with Gasteiger partial charge in [-0.25, -0.2) is 9.38 Å². The van der Waals surface area contributed by atoms with E-state index in [-0.39, 0.29) is 35.5 Å². The zero-order valence-electron chi connectivity index (χ0n) is 17.3. The maximum absolute atomic E-state index is 13.9. The molecule has 8 heteroatoms. The SMILES string of the molecule is CCCCOCCOCCNC(=NCc1ccc(OCC)c(F)c1)NCC.I. The number of ether oxygens (including phenoxy) is 3. The molecule has 6 nitrogen and oxygen atoms in total. The van der Waals surface area contributed by atoms with Crippen molar-refractivity contribution in [1.29, 1.82) is 0 Å². The highest BCUT2D eigenvalue weighted by molar-refractivity contribution is 14.0. The fourth-order valence-corrected chi connectivity index (χ4v) is 2.24. The van der Waals surface area contributed by atoms with Crippen LogP contribution >= 0.6 is 24.0 Å². The molecule has 0 bridgehead atoms. The van der Waals surface area contributed by atoms with Crippen LogP contribution in [-0.2, 0) is 16.0 Å². The topological polar surface area (TPSA) is 64.1 Å². The molecule has 0 saturated carbocycles. The average molecular weight is 511 g/mol. The molecule has 0 unspecified atom stereocenters. The molecule has 0 aliphatic rings. The van der Waals surface area contributed by atoms with Gasteiger partial charge in [0.1, 0.15) is 0 Å². The lowest BCUT2D eigenvalue weighted by Gasteiger charge is -2.12. The number of unbranched alkanes of at least 4 members (excludes halogenated alkanes) is 1. The van der Waals surface area contributed by atoms with Crippen molar-refractivity contribution in [3.63, 3.8) is 0 Å². The Kier molecular flexibility index (Phi) is 17.2. The monoisotopic (exact) mass is 511 g/mol. The Morgan fingerprint density at radius 1 is 1.04 bits per heavy atom. The minimum absolute atomic E-state index is 0. The smallest absolute Gasteiger partial charge is 0.191 e. The van der Waals surface area contributed by atoms with E-state index in [1.54, 1.807) is 6.07 Å². The molecule has 28 heavy (non-hydrogen) atoms. The minimum atomic E-state index is -0.364. The highest BCUT2D eigenvalue weighted by Crippen LogP contribution is 2.18. The maximum Gasteiger partial charge on any atom is 0.191 e. The quantitative estimate of drug-likeness (QED) is 0.173. The van der Waals surface area contributed by atoms with Crippen LogP contribution in [-0.4, -0.2) is 52.1 Å². The summed E-state index contributed by atoms with van der Waals surface area (Å²) in [5.41, 5.74) is 0.786. The number of guanidine groups is 1. The van der Waals surface area contributed by atoms with E-state index in [4.69, 9.17) is 14.2 Å². The van der Waals surface area contributed by atoms with Crippen LogP contribution in [0.2, 0.25) is 0 Å². The largest absolute Gasteiger partial charge is 0.491 e. The molecule has 0 radical (unpaired) electrons. The second-order valence-electron chi connectivity index (χ2n) is 5.90. The minimum Gasteiger partial charge on any atom is -0.491 e. The predicted molar refractivity (Wildman–Crippen MR) is 122 cm³/mol. The zero-order chi connectivity index (χ0) is 19.7. The van der Waals surface area contributed by atoms with Crippen molar-refractivity contribution in [1.82, 2.24) is 10.6 Å². The number of nitrogens with zero attached hydrogens (tertiary/aromatic N) is 1. The molecule has 0 fully saturated rings. The molecule has 2 N–H and O–H groups in total. The van der Waals surface area contributed by atoms with Gasteiger partial charge in [-0.2, -0.15) is 0 Å². The van der Waals surface area contributed by atoms with E-state index in [0.717, 1.165) is 31.6 Å². The first kappa shape index (κ1) is 26.9. The Labute approximate surface area is 185 Å². The van der Waals surface area contributed by atoms with Gasteiger partial charge in [-0.3, -0.25) is 0 Å². The molecule has 0 aliphatic heterocycles. The summed E-state index contributed by atoms with van der Waals surface area (Å²) in [5.74, 6) is 0.581. The molecule has 0 atom stereocenters. The highest BCUT2D eigenvalue weighted by Gasteiger charge is 2.04. The third-order valence-electron chi connectivity index (χ3n) is 3.61. The van der Waals surface area contributed by atoms with Gasteiger partial charge in [-0.1, -0.05) is 19.4 Å². The van der Waals surface area contributed by atoms with Gasteiger partial charge in [-0.05, 0) is 38.0 Å². The molecular weight excluding hydrogens is 476 g/mol. The normalized spacial score (nSPS) is 11.1. The van der Waals surface area contributed by atoms with Crippen molar-refractivity contribution in [2.45, 2.75) is 40.2 Å². The first-order valence-electron chi connectivity index (χ1n) is 9.80. The molecule has 0 spiro atoms. The maximum atomic E-state index is 13.9. The third kappa shape index (κ3) is 12.4. The van der Waals surface area contributed by atoms with Crippen LogP contribution in [0, 0.1) is 5.82 Å². The number of halogens is 2. The van der Waals surface area contributed by atoms with Crippen LogP contribution in [0.5, 0.6) is 5.75 Å². The zero-order valence-corrected chi connectivity index (χ0v) is 19.6. The number of benzene rings is 1. The summed E-state index contributed by atoms with van der Waals surface area (Å²) in [5, 5.41) is 6.37. The molecule has 0 heterocycles. The van der Waals surface area contributed by atoms with Gasteiger partial charge in [0.15, 0.2) is 17.5 Å². The summed E-state index contributed by atoms with van der Waals surface area (Å²) >= 11 is 0. The molecule has 1 aromatic carbocycles. The molecule has 1 rings (SSSR count). The van der Waals surface area contributed by atoms with Crippen LogP contribution in [0.1, 0.15) is 39.2 Å². The summed E-state index contributed by atoms with van der Waals surface area (Å²) in [7, 11) is 0. The van der Waals surface area contributed by atoms with Gasteiger partial charge in [0, 0.05) is 19.7 Å². The standard InChI is InChI=1S/C20H34FN3O3.HI/c1-4-7-11-25-13-14-26-12-10-23-20(22-5-2)24-16-17-8-9-19(27-6-3)18(21)15-17;/h8-9,15H,4-7,10-14,16H2,1-3H3,(H2,22,23,24);1H. The lowest BCUT2D eigenvalue weighted by molar-refractivity contribution is 0.0487. The van der Waals surface area contributed by atoms with Crippen molar-refractivity contribution in [2.75, 3.05) is 46.1 Å². The van der Waals surface area contributed by atoms with Gasteiger partial charge < -0.3 is 24.8 Å². The Balaban J connectivity index is 0.00000729. The van der Waals surface area contributed by atoms with Crippen LogP contribution in [0.15, 0.2) is 23.2 Å². The van der Waals surface area contributed by atoms with E-state index in [1.165, 1.54) is 6.07 Å². The summed E-state index contributed by atoms with van der Waals surface area (Å²) in [6, 6.07) is 4.92. The number of nitrogens with one attached hydrogen (secondary N) is 2. The van der Waals surface area contributed by atoms with Crippen molar-refractivity contribution < 1.29 is 18.6 Å². The average Bonchev–Trinajstić information content (AvgIpc) is 2.66. The van der Waals surface area contributed by atoms with E-state index < -0.39 is 0 Å². The summed E-state index contributed by atoms with van der Waals surface area (Å²) in [6.45, 7) is 10.7. The van der Waals surface area contributed by atoms with Gasteiger partial charge in [0.05, 0.1) is 33.0 Å². The highest BCUT2D eigenvalue weighted by atomic mass is 127. The molecular formula is C20H35FIN3O3. The van der Waals surface area contributed by atoms with Crippen molar-refractivity contribution in [2.24, 2.45) is 4.99 Å². The second kappa shape index (κ2) is 17.9. The van der Waals surface area contributed by atoms with E-state index in [0.29, 0.717) is 45.5 Å². The third-order valence-corrected chi connectivity index (χ3v) is 3.61. The molecule has 162 valence electrons. The lowest BCUT2D eigenvalue weighted by atomic mass is 10.2. The molecule has 0 aliphatic carbocycles. The molecule has 0 amide bonds. The van der Waals surface area contributed by atoms with Crippen LogP contribution < -0.4 is 15.4 Å². The van der Waals surface area contributed by atoms with E-state index in [9.17, 15) is 4.39 Å². The number of rotatable bonds is 14. The Morgan fingerprint density at radius 3 is 2.43 bits per heavy atom. The van der Waals surface area contributed by atoms with Crippen LogP contribution in [0.4, 0.5) is 4.39 Å². The number of hydrogen-bond acceptors (Lipinski definition) is 4. The first-order chi connectivity index (χ1) is 13.2. The van der Waals surface area contributed by atoms with Crippen molar-refractivity contribution in [3.05, 3.63) is 29.6 Å². The lowest BCUT2D eigenvalue weighted by Crippen LogP contribution is -2.39. The summed E-state index contributed by atoms with van der Waals surface area (Å²) < 4.78 is 30.1. The summed E-state index contributed by atoms with van der Waals surface area (Å²) in [4.78, 5) is 4.47. The first-order valence-corrected chi connectivity index (χ1v) is 9.80. The second-order valence-corrected chi connectivity index (χ2v) is 5.90. The fourth-order valence-electron chi connectivity index (χ4n) is 2.24. The van der Waals surface area contributed by atoms with Gasteiger partial charge in [0.25, 0.3) is 0 Å². The van der Waals surface area contributed by atoms with Crippen LogP contribution in [0.25, 0.3) is 0 Å². The van der Waals surface area contributed by atoms with Crippen LogP contribution in [0.3, 0.4) is 0 Å². The van der Waals surface area contributed by atoms with E-state index in [1.807, 2.05) is 19.9 Å². The molecule has 0 aromatic heterocycles. The molecule has 0 saturated heterocycles. The van der Waals surface area contributed by atoms with E-state index in [2.05, 4.69) is 22.5 Å². The van der Waals surface area contributed by atoms with Crippen molar-refractivity contribution in [3.8, 4) is 5.75 Å². The van der Waals surface area contributed by atoms with E-state index >= 15 is 0 Å². The Hall–Kier alpha value is -1.13. The van der Waals surface area contributed by atoms with Gasteiger partial charge in [0.2, 0.25) is 0 Å². The summed E-state index contributed by atoms with van der Waals surface area (Å²) in [6.07, 6.45) is 2.23. The van der Waals surface area contributed by atoms with Crippen molar-refractivity contribution >= 4 is 29.9 Å². The van der Waals surface area contributed by atoms with Gasteiger partial charge in [-0.15, -0.1) is 24.0 Å². The Morgan fingerprint density at radius 2 is 1.79 bits per heavy atom.